The topological polar surface area (TPSA) is 52.2 Å². The molecule has 2 heterocycles. The summed E-state index contributed by atoms with van der Waals surface area (Å²) < 4.78 is 0. The zero-order chi connectivity index (χ0) is 19.7. The molecule has 1 atom stereocenters. The van der Waals surface area contributed by atoms with Crippen molar-refractivity contribution in [2.45, 2.75) is 37.2 Å². The molecule has 2 aromatic carbocycles. The number of aromatic amines is 1. The molecular weight excluding hydrogens is 368 g/mol. The van der Waals surface area contributed by atoms with E-state index in [1.165, 1.54) is 16.8 Å². The fourth-order valence-electron chi connectivity index (χ4n) is 4.01. The summed E-state index contributed by atoms with van der Waals surface area (Å²) in [7, 11) is 1.91. The Morgan fingerprint density at radius 3 is 2.86 bits per heavy atom. The number of hydrogen-bond acceptors (Lipinski definition) is 4. The number of anilines is 1. The highest BCUT2D eigenvalue weighted by molar-refractivity contribution is 7.98. The molecule has 28 heavy (non-hydrogen) atoms. The van der Waals surface area contributed by atoms with Crippen LogP contribution in [0.15, 0.2) is 47.6 Å². The van der Waals surface area contributed by atoms with Gasteiger partial charge in [0, 0.05) is 38.5 Å². The van der Waals surface area contributed by atoms with Gasteiger partial charge < -0.3 is 14.8 Å². The Morgan fingerprint density at radius 1 is 1.29 bits per heavy atom. The maximum atomic E-state index is 12.0. The highest BCUT2D eigenvalue weighted by Crippen LogP contribution is 2.40. The number of nitrogens with zero attached hydrogens (tertiary/aromatic N) is 3. The second-order valence-corrected chi connectivity index (χ2v) is 8.18. The van der Waals surface area contributed by atoms with Gasteiger partial charge in [0.1, 0.15) is 0 Å². The van der Waals surface area contributed by atoms with E-state index in [0.29, 0.717) is 0 Å². The fraction of sp³-hybridized carbons (Fsp3) is 0.364. The number of carbonyl (C=O) groups is 1. The molecule has 0 aliphatic carbocycles. The third-order valence-corrected chi connectivity index (χ3v) is 6.50. The van der Waals surface area contributed by atoms with Crippen molar-refractivity contribution in [1.29, 1.82) is 0 Å². The van der Waals surface area contributed by atoms with E-state index >= 15 is 0 Å². The number of H-pyrrole nitrogens is 1. The van der Waals surface area contributed by atoms with Crippen LogP contribution in [0.25, 0.3) is 11.0 Å². The Bertz CT molecular complexity index is 966. The minimum absolute atomic E-state index is 0.114. The summed E-state index contributed by atoms with van der Waals surface area (Å²) in [5.74, 6) is 0.957. The van der Waals surface area contributed by atoms with Gasteiger partial charge in [0.15, 0.2) is 5.16 Å². The number of hydrogen-bond donors (Lipinski definition) is 1. The van der Waals surface area contributed by atoms with Crippen LogP contribution in [0.4, 0.5) is 5.69 Å². The molecule has 1 aromatic heterocycles. The van der Waals surface area contributed by atoms with Crippen LogP contribution in [0, 0.1) is 0 Å². The lowest BCUT2D eigenvalue weighted by Crippen LogP contribution is -2.38. The van der Waals surface area contributed by atoms with Crippen LogP contribution in [0.5, 0.6) is 0 Å². The molecule has 1 amide bonds. The molecule has 0 fully saturated rings. The van der Waals surface area contributed by atoms with E-state index in [-0.39, 0.29) is 11.9 Å². The molecule has 3 aromatic rings. The first-order chi connectivity index (χ1) is 13.6. The highest BCUT2D eigenvalue weighted by Gasteiger charge is 2.30. The number of amides is 1. The number of benzene rings is 2. The largest absolute Gasteiger partial charge is 0.371 e. The van der Waals surface area contributed by atoms with Crippen molar-refractivity contribution < 1.29 is 4.79 Å². The number of aromatic nitrogens is 2. The first-order valence-corrected chi connectivity index (χ1v) is 10.7. The molecule has 0 spiro atoms. The Morgan fingerprint density at radius 2 is 2.11 bits per heavy atom. The molecule has 1 unspecified atom stereocenters. The van der Waals surface area contributed by atoms with Crippen molar-refractivity contribution >= 4 is 34.4 Å². The third-order valence-electron chi connectivity index (χ3n) is 5.58. The number of nitrogens with one attached hydrogen (secondary N) is 1. The predicted molar refractivity (Wildman–Crippen MR) is 116 cm³/mol. The molecule has 0 saturated heterocycles. The first-order valence-electron chi connectivity index (χ1n) is 9.76. The number of imidazole rings is 1. The molecule has 0 bridgehead atoms. The monoisotopic (exact) mass is 394 g/mol. The Labute approximate surface area is 170 Å². The van der Waals surface area contributed by atoms with E-state index in [2.05, 4.69) is 46.1 Å². The third kappa shape index (κ3) is 3.49. The number of para-hydroxylation sites is 3. The maximum Gasteiger partial charge on any atom is 0.219 e. The summed E-state index contributed by atoms with van der Waals surface area (Å²) in [4.78, 5) is 24.4. The van der Waals surface area contributed by atoms with Gasteiger partial charge in [0.2, 0.25) is 5.91 Å². The van der Waals surface area contributed by atoms with Gasteiger partial charge in [-0.15, -0.1) is 0 Å². The van der Waals surface area contributed by atoms with Crippen molar-refractivity contribution in [3.63, 3.8) is 0 Å². The minimum Gasteiger partial charge on any atom is -0.371 e. The molecule has 0 saturated carbocycles. The Balaban J connectivity index is 1.64. The zero-order valence-corrected chi connectivity index (χ0v) is 17.4. The molecular formula is C22H26N4OS. The van der Waals surface area contributed by atoms with Gasteiger partial charge in [-0.2, -0.15) is 0 Å². The van der Waals surface area contributed by atoms with E-state index in [1.807, 2.05) is 30.1 Å². The lowest BCUT2D eigenvalue weighted by Gasteiger charge is -2.40. The van der Waals surface area contributed by atoms with Crippen LogP contribution in [0.3, 0.4) is 0 Å². The molecule has 5 nitrogen and oxygen atoms in total. The van der Waals surface area contributed by atoms with E-state index in [0.717, 1.165) is 41.5 Å². The average molecular weight is 395 g/mol. The van der Waals surface area contributed by atoms with Crippen molar-refractivity contribution in [3.05, 3.63) is 53.6 Å². The predicted octanol–water partition coefficient (Wildman–Crippen LogP) is 4.60. The Hall–Kier alpha value is -2.47. The number of rotatable bonds is 5. The standard InChI is InChI=1S/C22H26N4OS/c1-4-26-13-12-20(25(3)15(2)27)17-9-7-8-16(21(17)26)14-28-22-23-18-10-5-6-11-19(18)24-22/h5-11,20H,4,12-14H2,1-3H3,(H,23,24). The van der Waals surface area contributed by atoms with Gasteiger partial charge in [0.25, 0.3) is 0 Å². The van der Waals surface area contributed by atoms with Crippen molar-refractivity contribution in [2.75, 3.05) is 25.0 Å². The normalized spacial score (nSPS) is 16.2. The van der Waals surface area contributed by atoms with Crippen LogP contribution in [-0.2, 0) is 10.5 Å². The van der Waals surface area contributed by atoms with E-state index < -0.39 is 0 Å². The fourth-order valence-corrected chi connectivity index (χ4v) is 4.88. The van der Waals surface area contributed by atoms with E-state index in [1.54, 1.807) is 18.7 Å². The van der Waals surface area contributed by atoms with Crippen LogP contribution in [0.1, 0.15) is 37.4 Å². The minimum atomic E-state index is 0.114. The molecule has 0 radical (unpaired) electrons. The first kappa shape index (κ1) is 18.9. The molecule has 146 valence electrons. The van der Waals surface area contributed by atoms with Crippen LogP contribution in [-0.4, -0.2) is 40.9 Å². The number of carbonyl (C=O) groups excluding carboxylic acids is 1. The second kappa shape index (κ2) is 7.87. The molecule has 6 heteroatoms. The second-order valence-electron chi connectivity index (χ2n) is 7.22. The van der Waals surface area contributed by atoms with Gasteiger partial charge in [-0.05, 0) is 36.6 Å². The lowest BCUT2D eigenvalue weighted by atomic mass is 9.92. The molecule has 1 aliphatic heterocycles. The smallest absolute Gasteiger partial charge is 0.219 e. The maximum absolute atomic E-state index is 12.0. The zero-order valence-electron chi connectivity index (χ0n) is 16.6. The van der Waals surface area contributed by atoms with Gasteiger partial charge in [-0.1, -0.05) is 42.1 Å². The lowest BCUT2D eigenvalue weighted by molar-refractivity contribution is -0.129. The van der Waals surface area contributed by atoms with Crippen molar-refractivity contribution in [1.82, 2.24) is 14.9 Å². The number of thioether (sulfide) groups is 1. The summed E-state index contributed by atoms with van der Waals surface area (Å²) >= 11 is 1.73. The van der Waals surface area contributed by atoms with E-state index in [4.69, 9.17) is 0 Å². The van der Waals surface area contributed by atoms with Crippen LogP contribution < -0.4 is 4.90 Å². The summed E-state index contributed by atoms with van der Waals surface area (Å²) in [6, 6.07) is 14.8. The summed E-state index contributed by atoms with van der Waals surface area (Å²) in [5.41, 5.74) is 5.91. The SMILES string of the molecule is CCN1CCC(N(C)C(C)=O)c2cccc(CSc3nc4ccccc4[nH]3)c21. The Kier molecular flexibility index (Phi) is 5.31. The van der Waals surface area contributed by atoms with E-state index in [9.17, 15) is 4.79 Å². The van der Waals surface area contributed by atoms with Crippen LogP contribution in [0.2, 0.25) is 0 Å². The van der Waals surface area contributed by atoms with Crippen molar-refractivity contribution in [3.8, 4) is 0 Å². The van der Waals surface area contributed by atoms with Gasteiger partial charge in [0.05, 0.1) is 17.1 Å². The molecule has 4 rings (SSSR count). The van der Waals surface area contributed by atoms with Gasteiger partial charge in [-0.3, -0.25) is 4.79 Å². The quantitative estimate of drug-likeness (QED) is 0.643. The van der Waals surface area contributed by atoms with Gasteiger partial charge in [-0.25, -0.2) is 4.98 Å². The summed E-state index contributed by atoms with van der Waals surface area (Å²) in [6.45, 7) is 5.78. The van der Waals surface area contributed by atoms with Gasteiger partial charge >= 0.3 is 0 Å². The number of fused-ring (bicyclic) bond motifs is 2. The van der Waals surface area contributed by atoms with Crippen LogP contribution >= 0.6 is 11.8 Å². The average Bonchev–Trinajstić information content (AvgIpc) is 3.13. The highest BCUT2D eigenvalue weighted by atomic mass is 32.2. The molecule has 1 aliphatic rings. The molecule has 1 N–H and O–H groups in total. The summed E-state index contributed by atoms with van der Waals surface area (Å²) in [6.07, 6.45) is 0.969. The van der Waals surface area contributed by atoms with Crippen molar-refractivity contribution in [2.24, 2.45) is 0 Å². The summed E-state index contributed by atoms with van der Waals surface area (Å²) in [5, 5.41) is 0.940.